The Morgan fingerprint density at radius 1 is 1.17 bits per heavy atom. The molecule has 0 saturated carbocycles. The minimum atomic E-state index is -0.919. The Morgan fingerprint density at radius 2 is 1.97 bits per heavy atom. The Kier molecular flexibility index (Phi) is 6.01. The highest BCUT2D eigenvalue weighted by Crippen LogP contribution is 2.31. The van der Waals surface area contributed by atoms with Crippen molar-refractivity contribution in [3.05, 3.63) is 80.6 Å². The van der Waals surface area contributed by atoms with Crippen LogP contribution in [0.5, 0.6) is 0 Å². The lowest BCUT2D eigenvalue weighted by molar-refractivity contribution is -0.123. The number of rotatable bonds is 5. The molecule has 7 nitrogen and oxygen atoms in total. The van der Waals surface area contributed by atoms with Crippen molar-refractivity contribution in [2.45, 2.75) is 23.2 Å². The number of aromatic nitrogens is 2. The molecule has 3 aromatic rings. The molecule has 30 heavy (non-hydrogen) atoms. The van der Waals surface area contributed by atoms with Gasteiger partial charge in [-0.3, -0.25) is 14.4 Å². The number of nitrogens with one attached hydrogen (secondary N) is 3. The molecule has 0 aliphatic carbocycles. The molecule has 1 atom stereocenters. The zero-order chi connectivity index (χ0) is 21.1. The summed E-state index contributed by atoms with van der Waals surface area (Å²) in [6, 6.07) is 16.9. The van der Waals surface area contributed by atoms with Gasteiger partial charge in [0.05, 0.1) is 11.5 Å². The minimum absolute atomic E-state index is 0.117. The second-order valence-electron chi connectivity index (χ2n) is 6.71. The number of fused-ring (bicyclic) bond motifs is 1. The summed E-state index contributed by atoms with van der Waals surface area (Å²) in [7, 11) is 0. The zero-order valence-corrected chi connectivity index (χ0v) is 18.0. The topological polar surface area (TPSA) is 104 Å². The normalized spacial score (nSPS) is 15.2. The number of halogens is 1. The number of amides is 2. The van der Waals surface area contributed by atoms with E-state index in [0.29, 0.717) is 16.6 Å². The molecule has 1 aliphatic heterocycles. The van der Waals surface area contributed by atoms with Crippen molar-refractivity contribution in [1.82, 2.24) is 9.97 Å². The van der Waals surface area contributed by atoms with E-state index in [1.807, 2.05) is 36.4 Å². The molecule has 9 heteroatoms. The highest BCUT2D eigenvalue weighted by molar-refractivity contribution is 9.10. The van der Waals surface area contributed by atoms with Crippen LogP contribution in [0.15, 0.2) is 69.0 Å². The van der Waals surface area contributed by atoms with Crippen LogP contribution in [0.4, 0.5) is 11.5 Å². The number of hydrogen-bond acceptors (Lipinski definition) is 5. The van der Waals surface area contributed by atoms with Gasteiger partial charge in [0.1, 0.15) is 5.82 Å². The number of thioether (sulfide) groups is 1. The largest absolute Gasteiger partial charge is 0.326 e. The van der Waals surface area contributed by atoms with Crippen molar-refractivity contribution in [3.8, 4) is 0 Å². The summed E-state index contributed by atoms with van der Waals surface area (Å²) in [6.45, 7) is 0. The summed E-state index contributed by atoms with van der Waals surface area (Å²) < 4.78 is 0.807. The van der Waals surface area contributed by atoms with Gasteiger partial charge in [-0.1, -0.05) is 64.1 Å². The van der Waals surface area contributed by atoms with Crippen LogP contribution in [-0.4, -0.2) is 21.8 Å². The third-order valence-electron chi connectivity index (χ3n) is 4.56. The molecule has 0 spiro atoms. The maximum Gasteiger partial charge on any atom is 0.257 e. The molecule has 1 aliphatic rings. The van der Waals surface area contributed by atoms with E-state index in [1.165, 1.54) is 11.8 Å². The first-order valence-electron chi connectivity index (χ1n) is 9.17. The van der Waals surface area contributed by atoms with Gasteiger partial charge >= 0.3 is 0 Å². The fourth-order valence-electron chi connectivity index (χ4n) is 3.16. The highest BCUT2D eigenvalue weighted by Gasteiger charge is 2.34. The Balaban J connectivity index is 1.58. The number of carbonyl (C=O) groups excluding carboxylic acids is 2. The first kappa shape index (κ1) is 20.4. The lowest BCUT2D eigenvalue weighted by Gasteiger charge is -2.23. The molecule has 0 saturated heterocycles. The first-order chi connectivity index (χ1) is 14.5. The lowest BCUT2D eigenvalue weighted by atomic mass is 9.92. The van der Waals surface area contributed by atoms with Crippen molar-refractivity contribution >= 4 is 51.0 Å². The van der Waals surface area contributed by atoms with E-state index >= 15 is 0 Å². The van der Waals surface area contributed by atoms with E-state index in [9.17, 15) is 14.4 Å². The van der Waals surface area contributed by atoms with Gasteiger partial charge in [-0.25, -0.2) is 4.98 Å². The van der Waals surface area contributed by atoms with Crippen LogP contribution in [-0.2, 0) is 15.3 Å². The van der Waals surface area contributed by atoms with Crippen LogP contribution < -0.4 is 16.2 Å². The second kappa shape index (κ2) is 8.85. The lowest BCUT2D eigenvalue weighted by Crippen LogP contribution is -2.36. The molecule has 0 bridgehead atoms. The van der Waals surface area contributed by atoms with Crippen LogP contribution in [0.3, 0.4) is 0 Å². The molecule has 4 rings (SSSR count). The maximum absolute atomic E-state index is 12.8. The van der Waals surface area contributed by atoms with Gasteiger partial charge in [0, 0.05) is 22.3 Å². The molecule has 152 valence electrons. The van der Waals surface area contributed by atoms with E-state index in [1.54, 1.807) is 18.2 Å². The van der Waals surface area contributed by atoms with Gasteiger partial charge in [0.25, 0.3) is 5.56 Å². The van der Waals surface area contributed by atoms with E-state index in [-0.39, 0.29) is 23.7 Å². The maximum atomic E-state index is 12.8. The molecule has 2 amide bonds. The standard InChI is InChI=1S/C21H17BrN4O3S/c22-13-7-4-8-14(9-13)23-19(28)15-10-16(27)24-18-17(15)20(29)26-21(25-18)30-11-12-5-2-1-3-6-12/h1-9,15H,10-11H2,(H,23,28)(H2,24,25,26,27,29)/t15-/m1/s1. The smallest absolute Gasteiger partial charge is 0.257 e. The summed E-state index contributed by atoms with van der Waals surface area (Å²) in [5.41, 5.74) is 1.40. The predicted octanol–water partition coefficient (Wildman–Crippen LogP) is 3.89. The monoisotopic (exact) mass is 484 g/mol. The summed E-state index contributed by atoms with van der Waals surface area (Å²) in [5.74, 6) is -0.948. The zero-order valence-electron chi connectivity index (χ0n) is 15.6. The molecular weight excluding hydrogens is 468 g/mol. The third-order valence-corrected chi connectivity index (χ3v) is 5.99. The second-order valence-corrected chi connectivity index (χ2v) is 8.59. The third kappa shape index (κ3) is 4.63. The molecule has 2 heterocycles. The summed E-state index contributed by atoms with van der Waals surface area (Å²) in [5, 5.41) is 5.78. The summed E-state index contributed by atoms with van der Waals surface area (Å²) in [6.07, 6.45) is -0.117. The van der Waals surface area contributed by atoms with Crippen molar-refractivity contribution in [3.63, 3.8) is 0 Å². The average Bonchev–Trinajstić information content (AvgIpc) is 2.72. The number of carbonyl (C=O) groups is 2. The molecule has 1 aromatic heterocycles. The minimum Gasteiger partial charge on any atom is -0.326 e. The number of nitrogens with zero attached hydrogens (tertiary/aromatic N) is 1. The van der Waals surface area contributed by atoms with Gasteiger partial charge in [-0.15, -0.1) is 0 Å². The average molecular weight is 485 g/mol. The quantitative estimate of drug-likeness (QED) is 0.376. The fourth-order valence-corrected chi connectivity index (χ4v) is 4.38. The first-order valence-corrected chi connectivity index (χ1v) is 10.9. The fraction of sp³-hybridized carbons (Fsp3) is 0.143. The van der Waals surface area contributed by atoms with Gasteiger partial charge < -0.3 is 15.6 Å². The van der Waals surface area contributed by atoms with Crippen molar-refractivity contribution in [2.24, 2.45) is 0 Å². The molecule has 0 fully saturated rings. The highest BCUT2D eigenvalue weighted by atomic mass is 79.9. The number of anilines is 2. The number of benzene rings is 2. The van der Waals surface area contributed by atoms with Gasteiger partial charge in [-0.2, -0.15) is 0 Å². The number of hydrogen-bond donors (Lipinski definition) is 3. The van der Waals surface area contributed by atoms with Crippen LogP contribution in [0.1, 0.15) is 23.5 Å². The van der Waals surface area contributed by atoms with Crippen molar-refractivity contribution in [1.29, 1.82) is 0 Å². The van der Waals surface area contributed by atoms with Crippen molar-refractivity contribution in [2.75, 3.05) is 10.6 Å². The predicted molar refractivity (Wildman–Crippen MR) is 120 cm³/mol. The SMILES string of the molecule is O=C1C[C@@H](C(=O)Nc2cccc(Br)c2)c2c(nc(SCc3ccccc3)[nH]c2=O)N1. The summed E-state index contributed by atoms with van der Waals surface area (Å²) >= 11 is 4.70. The van der Waals surface area contributed by atoms with Crippen molar-refractivity contribution < 1.29 is 9.59 Å². The molecule has 3 N–H and O–H groups in total. The molecule has 0 unspecified atom stereocenters. The molecule has 2 aromatic carbocycles. The van der Waals surface area contributed by atoms with E-state index in [2.05, 4.69) is 36.5 Å². The molecule has 0 radical (unpaired) electrons. The Labute approximate surface area is 184 Å². The Bertz CT molecular complexity index is 1170. The van der Waals surface area contributed by atoms with Crippen LogP contribution >= 0.6 is 27.7 Å². The van der Waals surface area contributed by atoms with E-state index in [4.69, 9.17) is 0 Å². The van der Waals surface area contributed by atoms with Gasteiger partial charge in [0.15, 0.2) is 5.16 Å². The number of H-pyrrole nitrogens is 1. The van der Waals surface area contributed by atoms with Gasteiger partial charge in [0.2, 0.25) is 11.8 Å². The van der Waals surface area contributed by atoms with E-state index < -0.39 is 17.4 Å². The van der Waals surface area contributed by atoms with Crippen LogP contribution in [0.2, 0.25) is 0 Å². The Morgan fingerprint density at radius 3 is 2.73 bits per heavy atom. The van der Waals surface area contributed by atoms with Gasteiger partial charge in [-0.05, 0) is 23.8 Å². The molecular formula is C21H17BrN4O3S. The van der Waals surface area contributed by atoms with E-state index in [0.717, 1.165) is 10.0 Å². The van der Waals surface area contributed by atoms with Crippen LogP contribution in [0, 0.1) is 0 Å². The Hall–Kier alpha value is -2.91. The number of aromatic amines is 1. The summed E-state index contributed by atoms with van der Waals surface area (Å²) in [4.78, 5) is 44.9. The van der Waals surface area contributed by atoms with Crippen LogP contribution in [0.25, 0.3) is 0 Å².